The van der Waals surface area contributed by atoms with E-state index in [1.165, 1.54) is 0 Å². The van der Waals surface area contributed by atoms with E-state index >= 15 is 0 Å². The molecule has 0 amide bonds. The zero-order chi connectivity index (χ0) is 24.4. The largest absolute Gasteiger partial charge is 0.480 e. The summed E-state index contributed by atoms with van der Waals surface area (Å²) in [6.07, 6.45) is -1.45. The van der Waals surface area contributed by atoms with E-state index < -0.39 is 47.0 Å². The third kappa shape index (κ3) is 8.15. The molecule has 0 saturated heterocycles. The average Bonchev–Trinajstić information content (AvgIpc) is 2.66. The minimum absolute atomic E-state index is 0.0106. The molecule has 3 unspecified atom stereocenters. The Morgan fingerprint density at radius 1 is 0.774 bits per heavy atom. The molecule has 15 heteroatoms. The summed E-state index contributed by atoms with van der Waals surface area (Å²) < 4.78 is 0. The topological polar surface area (TPSA) is 316 Å². The Bertz CT molecular complexity index is 748. The van der Waals surface area contributed by atoms with Crippen molar-refractivity contribution in [3.05, 3.63) is 0 Å². The zero-order valence-electron chi connectivity index (χ0n) is 17.0. The lowest BCUT2D eigenvalue weighted by atomic mass is 9.81. The lowest BCUT2D eigenvalue weighted by Crippen LogP contribution is -2.62. The van der Waals surface area contributed by atoms with E-state index in [9.17, 15) is 29.4 Å². The summed E-state index contributed by atoms with van der Waals surface area (Å²) in [5, 5.41) is 18.8. The number of guanidine groups is 2. The van der Waals surface area contributed by atoms with Gasteiger partial charge in [-0.2, -0.15) is 0 Å². The monoisotopic (exact) mass is 445 g/mol. The van der Waals surface area contributed by atoms with Gasteiger partial charge in [0.1, 0.15) is 0 Å². The van der Waals surface area contributed by atoms with E-state index in [4.69, 9.17) is 40.1 Å². The van der Waals surface area contributed by atoms with Gasteiger partial charge in [-0.05, 0) is 25.7 Å². The van der Waals surface area contributed by atoms with Crippen molar-refractivity contribution in [1.82, 2.24) is 0 Å². The molecule has 0 spiro atoms. The third-order valence-electron chi connectivity index (χ3n) is 4.49. The standard InChI is InChI=1S/C16H31N9O6/c17-8(10(27)16(23,12(30)31)4-2-6-25-14(20)21)7-9(26)15(22,11(28)29)3-1-5-24-13(18)19/h8H,1-7,17,22-23H2,(H,28,29)(H,30,31)(H4,18,19,24)(H4,20,21,25). The first-order valence-electron chi connectivity index (χ1n) is 9.17. The molecule has 3 atom stereocenters. The van der Waals surface area contributed by atoms with E-state index in [1.54, 1.807) is 0 Å². The number of nitrogens with two attached hydrogens (primary N) is 7. The molecule has 0 fully saturated rings. The maximum atomic E-state index is 12.6. The fourth-order valence-electron chi connectivity index (χ4n) is 2.64. The first-order valence-corrected chi connectivity index (χ1v) is 9.17. The molecule has 0 rings (SSSR count). The number of Topliss-reactive ketones (excluding diaryl/α,β-unsaturated/α-hetero) is 2. The van der Waals surface area contributed by atoms with Crippen LogP contribution in [-0.2, 0) is 19.2 Å². The maximum Gasteiger partial charge on any atom is 0.331 e. The molecule has 0 radical (unpaired) electrons. The number of hydrogen-bond donors (Lipinski definition) is 9. The third-order valence-corrected chi connectivity index (χ3v) is 4.49. The van der Waals surface area contributed by atoms with Gasteiger partial charge in [0.05, 0.1) is 6.04 Å². The van der Waals surface area contributed by atoms with E-state index in [0.29, 0.717) is 0 Å². The summed E-state index contributed by atoms with van der Waals surface area (Å²) in [4.78, 5) is 55.6. The van der Waals surface area contributed by atoms with E-state index in [1.807, 2.05) is 0 Å². The minimum atomic E-state index is -2.42. The Morgan fingerprint density at radius 2 is 1.16 bits per heavy atom. The van der Waals surface area contributed by atoms with Crippen molar-refractivity contribution < 1.29 is 29.4 Å². The van der Waals surface area contributed by atoms with Crippen LogP contribution in [-0.4, -0.2) is 75.8 Å². The van der Waals surface area contributed by atoms with Crippen LogP contribution >= 0.6 is 0 Å². The lowest BCUT2D eigenvalue weighted by Gasteiger charge is -2.28. The number of carboxylic acid groups (broad SMARTS) is 2. The van der Waals surface area contributed by atoms with Crippen LogP contribution in [0, 0.1) is 0 Å². The van der Waals surface area contributed by atoms with Gasteiger partial charge >= 0.3 is 11.9 Å². The Labute approximate surface area is 178 Å². The predicted octanol–water partition coefficient (Wildman–Crippen LogP) is -4.49. The van der Waals surface area contributed by atoms with Crippen LogP contribution in [0.5, 0.6) is 0 Å². The molecule has 0 aliphatic carbocycles. The van der Waals surface area contributed by atoms with Gasteiger partial charge in [0, 0.05) is 19.5 Å². The molecule has 0 aromatic heterocycles. The Hall–Kier alpha value is -3.30. The van der Waals surface area contributed by atoms with Crippen molar-refractivity contribution in [2.24, 2.45) is 50.1 Å². The SMILES string of the molecule is NC(N)=NCCCC(N)(C(=O)O)C(=O)CC(N)C(=O)C(N)(CCCN=C(N)N)C(=O)O. The van der Waals surface area contributed by atoms with Gasteiger partial charge in [0.2, 0.25) is 0 Å². The number of nitrogens with zero attached hydrogens (tertiary/aromatic N) is 2. The van der Waals surface area contributed by atoms with Crippen LogP contribution in [0.1, 0.15) is 32.1 Å². The Kier molecular flexibility index (Phi) is 10.5. The smallest absolute Gasteiger partial charge is 0.331 e. The molecule has 0 aliphatic heterocycles. The van der Waals surface area contributed by atoms with Crippen molar-refractivity contribution >= 4 is 35.4 Å². The first-order chi connectivity index (χ1) is 14.2. The number of carboxylic acids is 2. The molecule has 16 N–H and O–H groups in total. The van der Waals surface area contributed by atoms with Crippen LogP contribution < -0.4 is 40.1 Å². The summed E-state index contributed by atoms with van der Waals surface area (Å²) >= 11 is 0. The molecular formula is C16H31N9O6. The predicted molar refractivity (Wildman–Crippen MR) is 112 cm³/mol. The molecule has 0 aromatic carbocycles. The minimum Gasteiger partial charge on any atom is -0.480 e. The zero-order valence-corrected chi connectivity index (χ0v) is 17.0. The molecular weight excluding hydrogens is 414 g/mol. The number of carbonyl (C=O) groups is 4. The van der Waals surface area contributed by atoms with Gasteiger partial charge in [0.15, 0.2) is 34.6 Å². The van der Waals surface area contributed by atoms with Crippen LogP contribution in [0.25, 0.3) is 0 Å². The number of ketones is 2. The van der Waals surface area contributed by atoms with Crippen LogP contribution in [0.4, 0.5) is 0 Å². The Balaban J connectivity index is 5.31. The molecule has 31 heavy (non-hydrogen) atoms. The highest BCUT2D eigenvalue weighted by molar-refractivity contribution is 6.13. The molecule has 176 valence electrons. The first kappa shape index (κ1) is 27.7. The highest BCUT2D eigenvalue weighted by Crippen LogP contribution is 2.19. The lowest BCUT2D eigenvalue weighted by molar-refractivity contribution is -0.152. The van der Waals surface area contributed by atoms with Gasteiger partial charge in [-0.15, -0.1) is 0 Å². The number of carbonyl (C=O) groups excluding carboxylic acids is 2. The number of rotatable bonds is 15. The van der Waals surface area contributed by atoms with E-state index in [2.05, 4.69) is 9.98 Å². The normalized spacial score (nSPS) is 15.6. The van der Waals surface area contributed by atoms with Crippen molar-refractivity contribution in [3.63, 3.8) is 0 Å². The highest BCUT2D eigenvalue weighted by Gasteiger charge is 2.47. The van der Waals surface area contributed by atoms with E-state index in [0.717, 1.165) is 0 Å². The quantitative estimate of drug-likeness (QED) is 0.0497. The number of aliphatic carboxylic acids is 2. The van der Waals surface area contributed by atoms with Crippen LogP contribution in [0.2, 0.25) is 0 Å². The molecule has 0 aromatic rings. The summed E-state index contributed by atoms with van der Waals surface area (Å²) in [7, 11) is 0. The summed E-state index contributed by atoms with van der Waals surface area (Å²) in [6, 6.07) is -1.70. The van der Waals surface area contributed by atoms with Crippen molar-refractivity contribution in [2.75, 3.05) is 13.1 Å². The molecule has 0 saturated carbocycles. The van der Waals surface area contributed by atoms with Crippen molar-refractivity contribution in [2.45, 2.75) is 49.2 Å². The summed E-state index contributed by atoms with van der Waals surface area (Å²) in [5.74, 6) is -5.98. The van der Waals surface area contributed by atoms with Gasteiger partial charge in [-0.1, -0.05) is 0 Å². The van der Waals surface area contributed by atoms with Crippen LogP contribution in [0.3, 0.4) is 0 Å². The highest BCUT2D eigenvalue weighted by atomic mass is 16.4. The Morgan fingerprint density at radius 3 is 1.52 bits per heavy atom. The summed E-state index contributed by atoms with van der Waals surface area (Å²) in [6.45, 7) is 0.0320. The van der Waals surface area contributed by atoms with Gasteiger partial charge in [-0.25, -0.2) is 9.59 Å². The number of aliphatic imine (C=N–C) groups is 2. The van der Waals surface area contributed by atoms with Crippen LogP contribution in [0.15, 0.2) is 9.98 Å². The maximum absolute atomic E-state index is 12.6. The second-order valence-electron chi connectivity index (χ2n) is 6.97. The average molecular weight is 445 g/mol. The second kappa shape index (κ2) is 11.8. The fourth-order valence-corrected chi connectivity index (χ4v) is 2.64. The molecule has 15 nitrogen and oxygen atoms in total. The van der Waals surface area contributed by atoms with Gasteiger partial charge in [0.25, 0.3) is 0 Å². The van der Waals surface area contributed by atoms with Gasteiger partial charge in [-0.3, -0.25) is 19.6 Å². The summed E-state index contributed by atoms with van der Waals surface area (Å²) in [5.41, 5.74) is 33.0. The molecule has 0 bridgehead atoms. The van der Waals surface area contributed by atoms with Crippen molar-refractivity contribution in [1.29, 1.82) is 0 Å². The van der Waals surface area contributed by atoms with Gasteiger partial charge < -0.3 is 50.3 Å². The number of hydrogen-bond acceptors (Lipinski definition) is 9. The molecule has 0 heterocycles. The molecule has 0 aliphatic rings. The van der Waals surface area contributed by atoms with E-state index in [-0.39, 0.29) is 50.7 Å². The van der Waals surface area contributed by atoms with Crippen molar-refractivity contribution in [3.8, 4) is 0 Å². The second-order valence-corrected chi connectivity index (χ2v) is 6.97. The fraction of sp³-hybridized carbons (Fsp3) is 0.625.